The molecule has 0 radical (unpaired) electrons. The van der Waals surface area contributed by atoms with Crippen molar-refractivity contribution in [3.63, 3.8) is 0 Å². The molecule has 0 spiro atoms. The van der Waals surface area contributed by atoms with Crippen molar-refractivity contribution in [2.45, 2.75) is 25.3 Å². The highest BCUT2D eigenvalue weighted by atomic mass is 16.5. The van der Waals surface area contributed by atoms with Gasteiger partial charge in [0.25, 0.3) is 0 Å². The van der Waals surface area contributed by atoms with E-state index in [2.05, 4.69) is 0 Å². The fourth-order valence-corrected chi connectivity index (χ4v) is 3.50. The monoisotopic (exact) mass is 375 g/mol. The van der Waals surface area contributed by atoms with Crippen molar-refractivity contribution in [3.05, 3.63) is 40.6 Å². The summed E-state index contributed by atoms with van der Waals surface area (Å²) in [5.41, 5.74) is 1.46. The lowest BCUT2D eigenvalue weighted by Crippen LogP contribution is -2.38. The van der Waals surface area contributed by atoms with Gasteiger partial charge in [-0.1, -0.05) is 0 Å². The van der Waals surface area contributed by atoms with Crippen molar-refractivity contribution >= 4 is 17.7 Å². The van der Waals surface area contributed by atoms with Crippen LogP contribution in [0.4, 0.5) is 0 Å². The van der Waals surface area contributed by atoms with Crippen LogP contribution >= 0.6 is 0 Å². The van der Waals surface area contributed by atoms with Crippen LogP contribution < -0.4 is 4.74 Å². The molecule has 8 nitrogen and oxygen atoms in total. The number of carbonyl (C=O) groups is 3. The molecule has 8 heteroatoms. The first kappa shape index (κ1) is 18.9. The summed E-state index contributed by atoms with van der Waals surface area (Å²) >= 11 is 0. The fraction of sp³-hybridized carbons (Fsp3) is 0.421. The predicted molar refractivity (Wildman–Crippen MR) is 93.9 cm³/mol. The van der Waals surface area contributed by atoms with Crippen molar-refractivity contribution in [3.8, 4) is 5.75 Å². The van der Waals surface area contributed by atoms with Gasteiger partial charge in [-0.3, -0.25) is 4.79 Å². The number of aliphatic carboxylic acids is 1. The molecule has 144 valence electrons. The third-order valence-electron chi connectivity index (χ3n) is 4.83. The van der Waals surface area contributed by atoms with Gasteiger partial charge in [-0.25, -0.2) is 9.59 Å². The van der Waals surface area contributed by atoms with Crippen LogP contribution in [0.2, 0.25) is 0 Å². The SMILES string of the molecule is COCCCOc1cc2c(cc1C(=O)O)C1CC(=O)C(C(=O)O)=CN1CC2. The standard InChI is InChI=1S/C19H21NO7/c1-26-5-2-6-27-17-7-11-3-4-20-10-14(19(24)25)16(21)9-15(20)12(11)8-13(17)18(22)23/h7-8,10,15H,2-6,9H2,1H3,(H,22,23)(H,24,25). The lowest BCUT2D eigenvalue weighted by molar-refractivity contribution is -0.135. The first-order valence-electron chi connectivity index (χ1n) is 8.68. The number of rotatable bonds is 7. The van der Waals surface area contributed by atoms with E-state index in [1.54, 1.807) is 24.1 Å². The Morgan fingerprint density at radius 3 is 2.67 bits per heavy atom. The largest absolute Gasteiger partial charge is 0.493 e. The van der Waals surface area contributed by atoms with Crippen LogP contribution in [-0.2, 0) is 20.7 Å². The van der Waals surface area contributed by atoms with Crippen molar-refractivity contribution in [2.24, 2.45) is 0 Å². The summed E-state index contributed by atoms with van der Waals surface area (Å²) in [7, 11) is 1.59. The number of methoxy groups -OCH3 is 1. The summed E-state index contributed by atoms with van der Waals surface area (Å²) < 4.78 is 10.6. The van der Waals surface area contributed by atoms with Crippen molar-refractivity contribution in [1.29, 1.82) is 0 Å². The van der Waals surface area contributed by atoms with Crippen LogP contribution in [0.15, 0.2) is 23.9 Å². The summed E-state index contributed by atoms with van der Waals surface area (Å²) in [6.07, 6.45) is 2.63. The van der Waals surface area contributed by atoms with E-state index in [0.29, 0.717) is 38.3 Å². The lowest BCUT2D eigenvalue weighted by Gasteiger charge is -2.39. The number of benzene rings is 1. The normalized spacial score (nSPS) is 18.4. The molecular formula is C19H21NO7. The van der Waals surface area contributed by atoms with E-state index >= 15 is 0 Å². The molecule has 1 aromatic rings. The van der Waals surface area contributed by atoms with Gasteiger partial charge in [-0.05, 0) is 29.7 Å². The second-order valence-corrected chi connectivity index (χ2v) is 6.53. The smallest absolute Gasteiger partial charge is 0.340 e. The number of hydrogen-bond donors (Lipinski definition) is 2. The van der Waals surface area contributed by atoms with Crippen LogP contribution in [0.1, 0.15) is 40.4 Å². The van der Waals surface area contributed by atoms with Gasteiger partial charge in [0.1, 0.15) is 16.9 Å². The van der Waals surface area contributed by atoms with Crippen LogP contribution in [-0.4, -0.2) is 59.7 Å². The van der Waals surface area contributed by atoms with E-state index in [-0.39, 0.29) is 23.6 Å². The van der Waals surface area contributed by atoms with Gasteiger partial charge < -0.3 is 24.6 Å². The minimum absolute atomic E-state index is 0.0121. The van der Waals surface area contributed by atoms with Gasteiger partial charge in [0.2, 0.25) is 0 Å². The predicted octanol–water partition coefficient (Wildman–Crippen LogP) is 1.64. The van der Waals surface area contributed by atoms with E-state index in [1.807, 2.05) is 0 Å². The first-order chi connectivity index (χ1) is 12.9. The van der Waals surface area contributed by atoms with Crippen LogP contribution in [0.5, 0.6) is 5.75 Å². The number of hydrogen-bond acceptors (Lipinski definition) is 6. The van der Waals surface area contributed by atoms with E-state index < -0.39 is 17.7 Å². The van der Waals surface area contributed by atoms with Crippen molar-refractivity contribution < 1.29 is 34.1 Å². The van der Waals surface area contributed by atoms with Gasteiger partial charge in [-0.2, -0.15) is 0 Å². The number of carboxylic acid groups (broad SMARTS) is 2. The highest BCUT2D eigenvalue weighted by Crippen LogP contribution is 2.39. The van der Waals surface area contributed by atoms with E-state index in [0.717, 1.165) is 11.1 Å². The number of fused-ring (bicyclic) bond motifs is 3. The molecule has 1 unspecified atom stereocenters. The minimum Gasteiger partial charge on any atom is -0.493 e. The van der Waals surface area contributed by atoms with Crippen molar-refractivity contribution in [1.82, 2.24) is 4.90 Å². The average molecular weight is 375 g/mol. The fourth-order valence-electron chi connectivity index (χ4n) is 3.50. The number of carboxylic acids is 2. The maximum atomic E-state index is 12.2. The number of ketones is 1. The number of ether oxygens (including phenoxy) is 2. The molecule has 1 aromatic carbocycles. The molecule has 1 atom stereocenters. The molecule has 0 aromatic heterocycles. The highest BCUT2D eigenvalue weighted by molar-refractivity contribution is 6.17. The number of Topliss-reactive ketones (excluding diaryl/α,β-unsaturated/α-hetero) is 1. The molecule has 2 heterocycles. The van der Waals surface area contributed by atoms with Crippen LogP contribution in [0.3, 0.4) is 0 Å². The van der Waals surface area contributed by atoms with Gasteiger partial charge in [0.05, 0.1) is 12.6 Å². The molecule has 0 fully saturated rings. The lowest BCUT2D eigenvalue weighted by atomic mass is 9.85. The van der Waals surface area contributed by atoms with Gasteiger partial charge >= 0.3 is 11.9 Å². The summed E-state index contributed by atoms with van der Waals surface area (Å²) in [5.74, 6) is -2.50. The van der Waals surface area contributed by atoms with Crippen LogP contribution in [0, 0.1) is 0 Å². The van der Waals surface area contributed by atoms with E-state index in [9.17, 15) is 19.5 Å². The number of aromatic carboxylic acids is 1. The maximum absolute atomic E-state index is 12.2. The summed E-state index contributed by atoms with van der Waals surface area (Å²) in [5, 5.41) is 18.7. The zero-order valence-electron chi connectivity index (χ0n) is 14.9. The Morgan fingerprint density at radius 2 is 2.00 bits per heavy atom. The first-order valence-corrected chi connectivity index (χ1v) is 8.68. The average Bonchev–Trinajstić information content (AvgIpc) is 2.63. The molecule has 27 heavy (non-hydrogen) atoms. The quantitative estimate of drug-likeness (QED) is 0.546. The second kappa shape index (κ2) is 7.79. The van der Waals surface area contributed by atoms with Crippen LogP contribution in [0.25, 0.3) is 0 Å². The minimum atomic E-state index is -1.24. The Morgan fingerprint density at radius 1 is 1.22 bits per heavy atom. The Bertz CT molecular complexity index is 815. The molecule has 0 saturated carbocycles. The van der Waals surface area contributed by atoms with Crippen molar-refractivity contribution in [2.75, 3.05) is 26.9 Å². The van der Waals surface area contributed by atoms with E-state index in [4.69, 9.17) is 14.6 Å². The number of carbonyl (C=O) groups excluding carboxylic acids is 1. The Hall–Kier alpha value is -2.87. The Kier molecular flexibility index (Phi) is 5.46. The second-order valence-electron chi connectivity index (χ2n) is 6.53. The molecule has 0 aliphatic carbocycles. The molecule has 2 N–H and O–H groups in total. The Balaban J connectivity index is 1.92. The molecule has 2 aliphatic rings. The van der Waals surface area contributed by atoms with Gasteiger partial charge in [0, 0.05) is 39.3 Å². The molecule has 0 amide bonds. The maximum Gasteiger partial charge on any atom is 0.340 e. The summed E-state index contributed by atoms with van der Waals surface area (Å²) in [6, 6.07) is 2.92. The molecule has 0 bridgehead atoms. The zero-order valence-corrected chi connectivity index (χ0v) is 14.9. The van der Waals surface area contributed by atoms with Gasteiger partial charge in [-0.15, -0.1) is 0 Å². The molecule has 0 saturated heterocycles. The topological polar surface area (TPSA) is 113 Å². The zero-order chi connectivity index (χ0) is 19.6. The van der Waals surface area contributed by atoms with Gasteiger partial charge in [0.15, 0.2) is 5.78 Å². The Labute approximate surface area is 156 Å². The summed E-state index contributed by atoms with van der Waals surface area (Å²) in [6.45, 7) is 1.41. The summed E-state index contributed by atoms with van der Waals surface area (Å²) in [4.78, 5) is 36.9. The third kappa shape index (κ3) is 3.80. The molecule has 3 rings (SSSR count). The third-order valence-corrected chi connectivity index (χ3v) is 4.83. The molecule has 2 aliphatic heterocycles. The molecular weight excluding hydrogens is 354 g/mol. The highest BCUT2D eigenvalue weighted by Gasteiger charge is 2.36. The number of nitrogens with zero attached hydrogens (tertiary/aromatic N) is 1. The van der Waals surface area contributed by atoms with E-state index in [1.165, 1.54) is 6.20 Å².